The average Bonchev–Trinajstić information content (AvgIpc) is 3.01. The van der Waals surface area contributed by atoms with Crippen LogP contribution in [0.5, 0.6) is 0 Å². The first-order valence-electron chi connectivity index (χ1n) is 10.7. The summed E-state index contributed by atoms with van der Waals surface area (Å²) in [5.41, 5.74) is 5.76. The predicted molar refractivity (Wildman–Crippen MR) is 129 cm³/mol. The summed E-state index contributed by atoms with van der Waals surface area (Å²) in [5.74, 6) is -1.08. The van der Waals surface area contributed by atoms with Gasteiger partial charge in [-0.1, -0.05) is 48.0 Å². The molecule has 0 atom stereocenters. The smallest absolute Gasteiger partial charge is 0.278 e. The molecule has 0 aromatic heterocycles. The van der Waals surface area contributed by atoms with Crippen LogP contribution in [0.15, 0.2) is 66.4 Å². The molecule has 33 heavy (non-hydrogen) atoms. The fraction of sp³-hybridized carbons (Fsp3) is 0.185. The summed E-state index contributed by atoms with van der Waals surface area (Å²) in [5, 5.41) is 3.71. The third kappa shape index (κ3) is 4.69. The average molecular weight is 463 g/mol. The van der Waals surface area contributed by atoms with Gasteiger partial charge in [-0.3, -0.25) is 14.5 Å². The molecule has 3 aromatic rings. The van der Waals surface area contributed by atoms with Crippen LogP contribution in [0.2, 0.25) is 5.02 Å². The van der Waals surface area contributed by atoms with Crippen LogP contribution in [-0.4, -0.2) is 23.3 Å². The minimum atomic E-state index is -0.396. The molecular formula is C27H24ClFN2O2. The van der Waals surface area contributed by atoms with E-state index in [-0.39, 0.29) is 24.0 Å². The number of imide groups is 1. The minimum Gasteiger partial charge on any atom is -0.350 e. The van der Waals surface area contributed by atoms with Crippen molar-refractivity contribution in [1.82, 2.24) is 4.90 Å². The molecule has 0 unspecified atom stereocenters. The number of amides is 2. The number of carbonyl (C=O) groups is 2. The molecule has 0 spiro atoms. The van der Waals surface area contributed by atoms with Crippen molar-refractivity contribution in [2.75, 3.05) is 11.9 Å². The molecule has 0 saturated carbocycles. The highest BCUT2D eigenvalue weighted by Gasteiger charge is 2.39. The normalized spacial score (nSPS) is 13.8. The van der Waals surface area contributed by atoms with Gasteiger partial charge in [0.2, 0.25) is 0 Å². The Labute approximate surface area is 197 Å². The van der Waals surface area contributed by atoms with E-state index in [9.17, 15) is 14.0 Å². The van der Waals surface area contributed by atoms with Gasteiger partial charge in [0.05, 0.1) is 5.57 Å². The first-order valence-corrected chi connectivity index (χ1v) is 11.1. The highest BCUT2D eigenvalue weighted by molar-refractivity contribution is 6.36. The van der Waals surface area contributed by atoms with E-state index in [0.717, 1.165) is 22.3 Å². The molecule has 0 aliphatic carbocycles. The molecular weight excluding hydrogens is 439 g/mol. The first kappa shape index (κ1) is 22.7. The monoisotopic (exact) mass is 462 g/mol. The van der Waals surface area contributed by atoms with E-state index < -0.39 is 5.91 Å². The van der Waals surface area contributed by atoms with E-state index in [1.165, 1.54) is 17.0 Å². The van der Waals surface area contributed by atoms with Crippen molar-refractivity contribution in [3.63, 3.8) is 0 Å². The van der Waals surface area contributed by atoms with Crippen molar-refractivity contribution >= 4 is 34.7 Å². The van der Waals surface area contributed by atoms with Gasteiger partial charge in [0.15, 0.2) is 0 Å². The molecule has 1 N–H and O–H groups in total. The Morgan fingerprint density at radius 1 is 0.848 bits per heavy atom. The summed E-state index contributed by atoms with van der Waals surface area (Å²) < 4.78 is 13.2. The molecule has 3 aromatic carbocycles. The van der Waals surface area contributed by atoms with Crippen LogP contribution in [-0.2, 0) is 16.0 Å². The molecule has 1 heterocycles. The lowest BCUT2D eigenvalue weighted by Crippen LogP contribution is -2.34. The Hall–Kier alpha value is -3.44. The second-order valence-electron chi connectivity index (χ2n) is 8.28. The van der Waals surface area contributed by atoms with Crippen molar-refractivity contribution in [1.29, 1.82) is 0 Å². The molecule has 0 radical (unpaired) electrons. The summed E-state index contributed by atoms with van der Waals surface area (Å²) >= 11 is 6.27. The maximum Gasteiger partial charge on any atom is 0.278 e. The van der Waals surface area contributed by atoms with Crippen LogP contribution >= 0.6 is 11.6 Å². The van der Waals surface area contributed by atoms with Gasteiger partial charge in [0.1, 0.15) is 11.5 Å². The van der Waals surface area contributed by atoms with Crippen LogP contribution in [0.4, 0.5) is 10.1 Å². The molecule has 1 aliphatic rings. The second-order valence-corrected chi connectivity index (χ2v) is 8.68. The number of halogens is 2. The SMILES string of the molecule is Cc1ccc(C2=C(Nc3ccc(C)c(Cl)c3)C(=O)N(CCc3ccc(F)cc3)C2=O)cc1C. The van der Waals surface area contributed by atoms with Gasteiger partial charge in [-0.2, -0.15) is 0 Å². The fourth-order valence-electron chi connectivity index (χ4n) is 3.77. The third-order valence-electron chi connectivity index (χ3n) is 5.94. The maximum atomic E-state index is 13.4. The number of hydrogen-bond donors (Lipinski definition) is 1. The number of benzene rings is 3. The van der Waals surface area contributed by atoms with Gasteiger partial charge < -0.3 is 5.32 Å². The summed E-state index contributed by atoms with van der Waals surface area (Å²) in [6, 6.07) is 17.2. The lowest BCUT2D eigenvalue weighted by Gasteiger charge is -2.15. The minimum absolute atomic E-state index is 0.192. The number of carbonyl (C=O) groups excluding carboxylic acids is 2. The van der Waals surface area contributed by atoms with Gasteiger partial charge in [-0.05, 0) is 79.3 Å². The number of anilines is 1. The Morgan fingerprint density at radius 3 is 2.21 bits per heavy atom. The lowest BCUT2D eigenvalue weighted by atomic mass is 9.99. The van der Waals surface area contributed by atoms with Crippen molar-refractivity contribution in [3.8, 4) is 0 Å². The fourth-order valence-corrected chi connectivity index (χ4v) is 3.95. The van der Waals surface area contributed by atoms with Crippen LogP contribution < -0.4 is 5.32 Å². The standard InChI is InChI=1S/C27H24ClFN2O2/c1-16-4-8-20(14-18(16)3)24-25(30-22-11-5-17(2)23(28)15-22)27(33)31(26(24)32)13-12-19-6-9-21(29)10-7-19/h4-11,14-15,30H,12-13H2,1-3H3. The van der Waals surface area contributed by atoms with E-state index in [0.29, 0.717) is 28.3 Å². The first-order chi connectivity index (χ1) is 15.7. The zero-order valence-corrected chi connectivity index (χ0v) is 19.5. The summed E-state index contributed by atoms with van der Waals surface area (Å²) in [7, 11) is 0. The van der Waals surface area contributed by atoms with Crippen molar-refractivity contribution < 1.29 is 14.0 Å². The molecule has 0 fully saturated rings. The summed E-state index contributed by atoms with van der Waals surface area (Å²) in [6.07, 6.45) is 0.432. The Kier molecular flexibility index (Phi) is 6.34. The Balaban J connectivity index is 1.69. The van der Waals surface area contributed by atoms with E-state index in [4.69, 9.17) is 11.6 Å². The van der Waals surface area contributed by atoms with Crippen molar-refractivity contribution in [2.45, 2.75) is 27.2 Å². The topological polar surface area (TPSA) is 49.4 Å². The molecule has 6 heteroatoms. The molecule has 0 saturated heterocycles. The molecule has 4 nitrogen and oxygen atoms in total. The lowest BCUT2D eigenvalue weighted by molar-refractivity contribution is -0.136. The number of aryl methyl sites for hydroxylation is 3. The molecule has 2 amide bonds. The van der Waals surface area contributed by atoms with E-state index in [2.05, 4.69) is 5.32 Å². The molecule has 1 aliphatic heterocycles. The van der Waals surface area contributed by atoms with Gasteiger partial charge in [0, 0.05) is 17.3 Å². The molecule has 4 rings (SSSR count). The van der Waals surface area contributed by atoms with Crippen LogP contribution in [0, 0.1) is 26.6 Å². The van der Waals surface area contributed by atoms with E-state index in [1.54, 1.807) is 18.2 Å². The summed E-state index contributed by atoms with van der Waals surface area (Å²) in [4.78, 5) is 28.0. The van der Waals surface area contributed by atoms with Gasteiger partial charge in [-0.25, -0.2) is 4.39 Å². The van der Waals surface area contributed by atoms with Crippen molar-refractivity contribution in [3.05, 3.63) is 105 Å². The molecule has 168 valence electrons. The number of nitrogens with zero attached hydrogens (tertiary/aromatic N) is 1. The number of rotatable bonds is 6. The zero-order valence-electron chi connectivity index (χ0n) is 18.7. The third-order valence-corrected chi connectivity index (χ3v) is 6.35. The predicted octanol–water partition coefficient (Wildman–Crippen LogP) is 5.84. The Bertz CT molecular complexity index is 1280. The highest BCUT2D eigenvalue weighted by Crippen LogP contribution is 2.32. The number of hydrogen-bond acceptors (Lipinski definition) is 3. The van der Waals surface area contributed by atoms with E-state index >= 15 is 0 Å². The van der Waals surface area contributed by atoms with Gasteiger partial charge in [0.25, 0.3) is 11.8 Å². The summed E-state index contributed by atoms with van der Waals surface area (Å²) in [6.45, 7) is 6.06. The number of nitrogens with one attached hydrogen (secondary N) is 1. The van der Waals surface area contributed by atoms with E-state index in [1.807, 2.05) is 51.1 Å². The van der Waals surface area contributed by atoms with Crippen LogP contribution in [0.25, 0.3) is 5.57 Å². The quantitative estimate of drug-likeness (QED) is 0.468. The van der Waals surface area contributed by atoms with Gasteiger partial charge >= 0.3 is 0 Å². The van der Waals surface area contributed by atoms with Crippen LogP contribution in [0.3, 0.4) is 0 Å². The highest BCUT2D eigenvalue weighted by atomic mass is 35.5. The molecule has 0 bridgehead atoms. The maximum absolute atomic E-state index is 13.4. The Morgan fingerprint density at radius 2 is 1.55 bits per heavy atom. The second kappa shape index (κ2) is 9.20. The van der Waals surface area contributed by atoms with Gasteiger partial charge in [-0.15, -0.1) is 0 Å². The van der Waals surface area contributed by atoms with Crippen LogP contribution in [0.1, 0.15) is 27.8 Å². The van der Waals surface area contributed by atoms with Crippen molar-refractivity contribution in [2.24, 2.45) is 0 Å². The zero-order chi connectivity index (χ0) is 23.7. The largest absolute Gasteiger partial charge is 0.350 e.